The van der Waals surface area contributed by atoms with Crippen LogP contribution in [0.15, 0.2) is 50.5 Å². The first-order valence-corrected chi connectivity index (χ1v) is 8.52. The van der Waals surface area contributed by atoms with Gasteiger partial charge in [-0.25, -0.2) is 8.42 Å². The number of aromatic nitrogens is 1. The average Bonchev–Trinajstić information content (AvgIpc) is 2.40. The monoisotopic (exact) mass is 420 g/mol. The van der Waals surface area contributed by atoms with Crippen molar-refractivity contribution in [3.63, 3.8) is 0 Å². The van der Waals surface area contributed by atoms with Crippen LogP contribution in [0.1, 0.15) is 5.56 Å². The molecule has 106 valence electrons. The van der Waals surface area contributed by atoms with E-state index in [9.17, 15) is 8.42 Å². The molecule has 0 atom stereocenters. The summed E-state index contributed by atoms with van der Waals surface area (Å²) in [7, 11) is -3.73. The van der Waals surface area contributed by atoms with Gasteiger partial charge in [0.25, 0.3) is 10.0 Å². The predicted octanol–water partition coefficient (Wildman–Crippen LogP) is 2.90. The molecule has 0 aliphatic rings. The summed E-state index contributed by atoms with van der Waals surface area (Å²) in [6.07, 6.45) is 2.99. The van der Waals surface area contributed by atoms with Crippen LogP contribution in [0.3, 0.4) is 0 Å². The van der Waals surface area contributed by atoms with Gasteiger partial charge in [0.1, 0.15) is 4.90 Å². The molecule has 1 heterocycles. The standard InChI is InChI=1S/C12H10Br2N2O3S/c13-9-5-8(7-17)1-2-12(9)20(18,19)16-11-3-4-15-6-10(11)14/h1-6,17H,7H2,(H,15,16). The van der Waals surface area contributed by atoms with Crippen LogP contribution in [0.4, 0.5) is 5.69 Å². The second-order valence-electron chi connectivity index (χ2n) is 3.88. The molecular formula is C12H10Br2N2O3S. The molecule has 0 aliphatic heterocycles. The zero-order chi connectivity index (χ0) is 14.8. The molecule has 1 aromatic heterocycles. The van der Waals surface area contributed by atoms with Crippen LogP contribution in [0.5, 0.6) is 0 Å². The fraction of sp³-hybridized carbons (Fsp3) is 0.0833. The first kappa shape index (κ1) is 15.4. The molecule has 0 fully saturated rings. The summed E-state index contributed by atoms with van der Waals surface area (Å²) in [5.74, 6) is 0. The number of aliphatic hydroxyl groups is 1. The van der Waals surface area contributed by atoms with Gasteiger partial charge in [-0.1, -0.05) is 6.07 Å². The van der Waals surface area contributed by atoms with Crippen molar-refractivity contribution in [2.24, 2.45) is 0 Å². The van der Waals surface area contributed by atoms with E-state index in [4.69, 9.17) is 5.11 Å². The summed E-state index contributed by atoms with van der Waals surface area (Å²) >= 11 is 6.43. The van der Waals surface area contributed by atoms with Crippen LogP contribution >= 0.6 is 31.9 Å². The van der Waals surface area contributed by atoms with Crippen LogP contribution < -0.4 is 4.72 Å². The summed E-state index contributed by atoms with van der Waals surface area (Å²) in [5, 5.41) is 9.03. The molecule has 8 heteroatoms. The predicted molar refractivity (Wildman–Crippen MR) is 82.8 cm³/mol. The zero-order valence-corrected chi connectivity index (χ0v) is 14.0. The third kappa shape index (κ3) is 3.38. The molecular weight excluding hydrogens is 412 g/mol. The molecule has 20 heavy (non-hydrogen) atoms. The van der Waals surface area contributed by atoms with Crippen LogP contribution in [-0.2, 0) is 16.6 Å². The molecule has 0 saturated heterocycles. The number of sulfonamides is 1. The van der Waals surface area contributed by atoms with E-state index < -0.39 is 10.0 Å². The summed E-state index contributed by atoms with van der Waals surface area (Å²) < 4.78 is 28.1. The van der Waals surface area contributed by atoms with Crippen molar-refractivity contribution in [3.05, 3.63) is 51.2 Å². The maximum absolute atomic E-state index is 12.3. The normalized spacial score (nSPS) is 11.3. The molecule has 2 aromatic rings. The van der Waals surface area contributed by atoms with E-state index in [0.29, 0.717) is 20.2 Å². The molecule has 0 spiro atoms. The van der Waals surface area contributed by atoms with Crippen molar-refractivity contribution < 1.29 is 13.5 Å². The quantitative estimate of drug-likeness (QED) is 0.795. The van der Waals surface area contributed by atoms with Gasteiger partial charge in [-0.15, -0.1) is 0 Å². The molecule has 2 N–H and O–H groups in total. The molecule has 1 aromatic carbocycles. The number of hydrogen-bond donors (Lipinski definition) is 2. The maximum Gasteiger partial charge on any atom is 0.263 e. The molecule has 0 saturated carbocycles. The zero-order valence-electron chi connectivity index (χ0n) is 10.0. The number of nitrogens with one attached hydrogen (secondary N) is 1. The topological polar surface area (TPSA) is 79.3 Å². The fourth-order valence-corrected chi connectivity index (χ4v) is 4.20. The minimum atomic E-state index is -3.73. The number of rotatable bonds is 4. The first-order chi connectivity index (χ1) is 9.44. The Morgan fingerprint density at radius 3 is 2.55 bits per heavy atom. The second-order valence-corrected chi connectivity index (χ2v) is 7.24. The van der Waals surface area contributed by atoms with Crippen molar-refractivity contribution in [1.82, 2.24) is 4.98 Å². The van der Waals surface area contributed by atoms with Crippen LogP contribution in [0, 0.1) is 0 Å². The van der Waals surface area contributed by atoms with Crippen molar-refractivity contribution in [2.75, 3.05) is 4.72 Å². The smallest absolute Gasteiger partial charge is 0.263 e. The molecule has 0 bridgehead atoms. The van der Waals surface area contributed by atoms with Gasteiger partial charge in [0.05, 0.1) is 16.8 Å². The minimum absolute atomic E-state index is 0.0958. The van der Waals surface area contributed by atoms with E-state index in [2.05, 4.69) is 41.6 Å². The van der Waals surface area contributed by atoms with Gasteiger partial charge >= 0.3 is 0 Å². The van der Waals surface area contributed by atoms with Gasteiger partial charge in [0.2, 0.25) is 0 Å². The third-order valence-corrected chi connectivity index (χ3v) is 5.46. The molecule has 0 aliphatic carbocycles. The first-order valence-electron chi connectivity index (χ1n) is 5.45. The van der Waals surface area contributed by atoms with Gasteiger partial charge in [0, 0.05) is 16.9 Å². The SMILES string of the molecule is O=S(=O)(Nc1ccncc1Br)c1ccc(CO)cc1Br. The Morgan fingerprint density at radius 1 is 1.20 bits per heavy atom. The van der Waals surface area contributed by atoms with Gasteiger partial charge in [-0.3, -0.25) is 9.71 Å². The lowest BCUT2D eigenvalue weighted by Gasteiger charge is -2.11. The highest BCUT2D eigenvalue weighted by atomic mass is 79.9. The van der Waals surface area contributed by atoms with Gasteiger partial charge in [-0.05, 0) is 55.6 Å². The maximum atomic E-state index is 12.3. The van der Waals surface area contributed by atoms with E-state index in [-0.39, 0.29) is 11.5 Å². The van der Waals surface area contributed by atoms with E-state index in [1.165, 1.54) is 18.5 Å². The van der Waals surface area contributed by atoms with Crippen molar-refractivity contribution >= 4 is 47.6 Å². The van der Waals surface area contributed by atoms with Crippen molar-refractivity contribution in [1.29, 1.82) is 0 Å². The van der Waals surface area contributed by atoms with E-state index in [0.717, 1.165) is 0 Å². The fourth-order valence-electron chi connectivity index (χ4n) is 1.52. The lowest BCUT2D eigenvalue weighted by atomic mass is 10.2. The Hall–Kier alpha value is -0.960. The van der Waals surface area contributed by atoms with Crippen LogP contribution in [0.2, 0.25) is 0 Å². The van der Waals surface area contributed by atoms with Crippen molar-refractivity contribution in [2.45, 2.75) is 11.5 Å². The highest BCUT2D eigenvalue weighted by Gasteiger charge is 2.19. The molecule has 0 unspecified atom stereocenters. The van der Waals surface area contributed by atoms with E-state index in [1.807, 2.05) is 0 Å². The number of pyridine rings is 1. The number of anilines is 1. The summed E-state index contributed by atoms with van der Waals surface area (Å²) in [5.41, 5.74) is 1.03. The summed E-state index contributed by atoms with van der Waals surface area (Å²) in [6, 6.07) is 6.11. The lowest BCUT2D eigenvalue weighted by Crippen LogP contribution is -2.14. The van der Waals surface area contributed by atoms with E-state index >= 15 is 0 Å². The number of halogens is 2. The largest absolute Gasteiger partial charge is 0.392 e. The van der Waals surface area contributed by atoms with Gasteiger partial charge in [0.15, 0.2) is 0 Å². The molecule has 0 amide bonds. The average molecular weight is 422 g/mol. The van der Waals surface area contributed by atoms with Crippen LogP contribution in [0.25, 0.3) is 0 Å². The van der Waals surface area contributed by atoms with Crippen molar-refractivity contribution in [3.8, 4) is 0 Å². The Morgan fingerprint density at radius 2 is 1.95 bits per heavy atom. The molecule has 2 rings (SSSR count). The number of nitrogens with zero attached hydrogens (tertiary/aromatic N) is 1. The summed E-state index contributed by atoms with van der Waals surface area (Å²) in [6.45, 7) is -0.151. The van der Waals surface area contributed by atoms with Crippen LogP contribution in [-0.4, -0.2) is 18.5 Å². The number of benzene rings is 1. The second kappa shape index (κ2) is 6.21. The highest BCUT2D eigenvalue weighted by Crippen LogP contribution is 2.28. The minimum Gasteiger partial charge on any atom is -0.392 e. The molecule has 5 nitrogen and oxygen atoms in total. The van der Waals surface area contributed by atoms with Gasteiger partial charge in [-0.2, -0.15) is 0 Å². The third-order valence-electron chi connectivity index (χ3n) is 2.49. The Labute approximate surface area is 133 Å². The Balaban J connectivity index is 2.39. The summed E-state index contributed by atoms with van der Waals surface area (Å²) in [4.78, 5) is 3.96. The number of hydrogen-bond acceptors (Lipinski definition) is 4. The number of aliphatic hydroxyl groups excluding tert-OH is 1. The highest BCUT2D eigenvalue weighted by molar-refractivity contribution is 9.11. The molecule has 0 radical (unpaired) electrons. The Kier molecular flexibility index (Phi) is 4.79. The Bertz CT molecular complexity index is 735. The van der Waals surface area contributed by atoms with Gasteiger partial charge < -0.3 is 5.11 Å². The lowest BCUT2D eigenvalue weighted by molar-refractivity contribution is 0.281. The van der Waals surface area contributed by atoms with E-state index in [1.54, 1.807) is 18.2 Å².